The summed E-state index contributed by atoms with van der Waals surface area (Å²) in [5, 5.41) is 30.1. The molecular formula is C36H28BBr3Cl2N6O4. The molecule has 10 nitrogen and oxygen atoms in total. The zero-order chi connectivity index (χ0) is 37.5. The summed E-state index contributed by atoms with van der Waals surface area (Å²) in [6.07, 6.45) is 0. The average Bonchev–Trinajstić information content (AvgIpc) is 3.11. The van der Waals surface area contributed by atoms with Crippen LogP contribution in [0.5, 0.6) is 0 Å². The first-order valence-electron chi connectivity index (χ1n) is 15.1. The molecule has 6 N–H and O–H groups in total. The van der Waals surface area contributed by atoms with Crippen molar-refractivity contribution in [2.24, 2.45) is 0 Å². The van der Waals surface area contributed by atoms with Crippen LogP contribution in [0.2, 0.25) is 10.0 Å². The molecule has 0 aliphatic carbocycles. The second-order valence-electron chi connectivity index (χ2n) is 10.4. The van der Waals surface area contributed by atoms with E-state index in [4.69, 9.17) is 33.2 Å². The number of nitrogens with one attached hydrogen (secondary N) is 4. The summed E-state index contributed by atoms with van der Waals surface area (Å²) in [6, 6.07) is 38.0. The maximum absolute atomic E-state index is 12.1. The third kappa shape index (κ3) is 14.4. The van der Waals surface area contributed by atoms with Crippen molar-refractivity contribution in [3.8, 4) is 11.3 Å². The van der Waals surface area contributed by atoms with E-state index in [1.807, 2.05) is 60.7 Å². The lowest BCUT2D eigenvalue weighted by atomic mass is 9.80. The maximum Gasteiger partial charge on any atom is 0.488 e. The Balaban J connectivity index is 0.000000194. The largest absolute Gasteiger partial charge is 0.488 e. The van der Waals surface area contributed by atoms with E-state index < -0.39 is 13.1 Å². The smallest absolute Gasteiger partial charge is 0.423 e. The summed E-state index contributed by atoms with van der Waals surface area (Å²) >= 11 is 21.4. The lowest BCUT2D eigenvalue weighted by molar-refractivity contribution is 0.261. The van der Waals surface area contributed by atoms with Gasteiger partial charge in [-0.05, 0) is 150 Å². The molecule has 2 aromatic heterocycles. The predicted octanol–water partition coefficient (Wildman–Crippen LogP) is 10.1. The number of benzene rings is 4. The summed E-state index contributed by atoms with van der Waals surface area (Å²) in [5.74, 6) is 0. The first-order valence-corrected chi connectivity index (χ1v) is 18.2. The number of halogens is 5. The maximum atomic E-state index is 12.1. The molecule has 0 radical (unpaired) electrons. The number of amides is 4. The zero-order valence-corrected chi connectivity index (χ0v) is 33.0. The minimum atomic E-state index is -1.57. The molecule has 0 spiro atoms. The van der Waals surface area contributed by atoms with Crippen molar-refractivity contribution in [2.75, 3.05) is 21.3 Å². The van der Waals surface area contributed by atoms with Gasteiger partial charge >= 0.3 is 19.2 Å². The summed E-state index contributed by atoms with van der Waals surface area (Å²) in [5.41, 5.74) is 4.45. The molecule has 6 aromatic rings. The van der Waals surface area contributed by atoms with E-state index in [-0.39, 0.29) is 6.03 Å². The first-order chi connectivity index (χ1) is 24.9. The van der Waals surface area contributed by atoms with E-state index in [2.05, 4.69) is 79.0 Å². The van der Waals surface area contributed by atoms with Crippen molar-refractivity contribution >= 4 is 118 Å². The van der Waals surface area contributed by atoms with Gasteiger partial charge in [0.1, 0.15) is 13.8 Å². The second kappa shape index (κ2) is 20.7. The number of aromatic nitrogens is 2. The number of pyridine rings is 2. The van der Waals surface area contributed by atoms with Crippen molar-refractivity contribution in [3.63, 3.8) is 0 Å². The normalized spacial score (nSPS) is 9.98. The molecule has 16 heteroatoms. The Morgan fingerprint density at radius 2 is 0.942 bits per heavy atom. The summed E-state index contributed by atoms with van der Waals surface area (Å²) < 4.78 is 2.47. The Hall–Kier alpha value is -4.28. The summed E-state index contributed by atoms with van der Waals surface area (Å²) in [6.45, 7) is 0. The second-order valence-corrected chi connectivity index (χ2v) is 13.7. The van der Waals surface area contributed by atoms with Crippen molar-refractivity contribution < 1.29 is 19.6 Å². The molecular weight excluding hydrogens is 902 g/mol. The van der Waals surface area contributed by atoms with Gasteiger partial charge in [-0.25, -0.2) is 19.6 Å². The quantitative estimate of drug-likeness (QED) is 0.0724. The Morgan fingerprint density at radius 3 is 1.40 bits per heavy atom. The molecule has 0 saturated heterocycles. The number of carbonyl (C=O) groups is 2. The van der Waals surface area contributed by atoms with Gasteiger partial charge in [-0.2, -0.15) is 0 Å². The Bertz CT molecular complexity index is 2080. The van der Waals surface area contributed by atoms with Crippen molar-refractivity contribution in [1.82, 2.24) is 9.97 Å². The highest BCUT2D eigenvalue weighted by molar-refractivity contribution is 9.11. The van der Waals surface area contributed by atoms with Gasteiger partial charge in [0.15, 0.2) is 0 Å². The van der Waals surface area contributed by atoms with Crippen LogP contribution in [0.4, 0.5) is 32.3 Å². The van der Waals surface area contributed by atoms with Gasteiger partial charge in [0, 0.05) is 38.4 Å². The average molecular weight is 930 g/mol. The van der Waals surface area contributed by atoms with Crippen LogP contribution in [-0.2, 0) is 0 Å². The highest BCUT2D eigenvalue weighted by atomic mass is 79.9. The van der Waals surface area contributed by atoms with Crippen LogP contribution in [-0.4, -0.2) is 39.2 Å². The zero-order valence-electron chi connectivity index (χ0n) is 26.8. The van der Waals surface area contributed by atoms with E-state index >= 15 is 0 Å². The number of hydrogen-bond donors (Lipinski definition) is 6. The highest BCUT2D eigenvalue weighted by Crippen LogP contribution is 2.23. The molecule has 6 rings (SSSR count). The fourth-order valence-electron chi connectivity index (χ4n) is 4.14. The van der Waals surface area contributed by atoms with Crippen LogP contribution in [0.15, 0.2) is 147 Å². The van der Waals surface area contributed by atoms with Crippen LogP contribution in [0.25, 0.3) is 11.3 Å². The number of urea groups is 2. The topological polar surface area (TPSA) is 148 Å². The molecule has 0 saturated carbocycles. The number of hydrogen-bond acceptors (Lipinski definition) is 6. The van der Waals surface area contributed by atoms with E-state index in [0.717, 1.165) is 25.1 Å². The molecule has 52 heavy (non-hydrogen) atoms. The van der Waals surface area contributed by atoms with Crippen molar-refractivity contribution in [3.05, 3.63) is 157 Å². The number of carbonyl (C=O) groups excluding carboxylic acids is 2. The lowest BCUT2D eigenvalue weighted by Crippen LogP contribution is -2.30. The van der Waals surface area contributed by atoms with Gasteiger partial charge in [-0.1, -0.05) is 59.6 Å². The highest BCUT2D eigenvalue weighted by Gasteiger charge is 2.12. The van der Waals surface area contributed by atoms with Crippen LogP contribution in [0, 0.1) is 0 Å². The first kappa shape index (κ1) is 40.5. The van der Waals surface area contributed by atoms with Crippen LogP contribution < -0.4 is 26.7 Å². The summed E-state index contributed by atoms with van der Waals surface area (Å²) in [4.78, 5) is 32.3. The van der Waals surface area contributed by atoms with Gasteiger partial charge in [0.25, 0.3) is 0 Å². The molecule has 264 valence electrons. The Kier molecular flexibility index (Phi) is 16.1. The lowest BCUT2D eigenvalue weighted by Gasteiger charge is -2.09. The third-order valence-electron chi connectivity index (χ3n) is 6.46. The van der Waals surface area contributed by atoms with Crippen molar-refractivity contribution in [2.45, 2.75) is 0 Å². The SMILES string of the molecule is Brc1cccc(Br)n1.O=C(Nc1ccc(Cl)cc1)Nc1cccc(-c2cccc(Br)n2)c1.O=C(Nc1ccc(Cl)cc1)Nc1cccc(B(O)O)c1. The molecule has 0 fully saturated rings. The predicted molar refractivity (Wildman–Crippen MR) is 221 cm³/mol. The molecule has 4 aromatic carbocycles. The number of rotatable bonds is 6. The standard InChI is InChI=1S/C18H13BrClN3O.C13H12BClN2O3.C5H3Br2N/c19-17-6-2-5-16(23-17)12-3-1-4-15(11-12)22-18(24)21-14-9-7-13(20)8-10-14;15-10-4-6-11(7-5-10)16-13(18)17-12-3-1-2-9(8-12)14(19)20;6-4-2-1-3-5(7)8-4/h1-11H,(H2,21,22,24);1-8,19-20H,(H2,16,17,18);1-3H. The van der Waals surface area contributed by atoms with E-state index in [9.17, 15) is 9.59 Å². The van der Waals surface area contributed by atoms with Gasteiger partial charge in [0.2, 0.25) is 0 Å². The van der Waals surface area contributed by atoms with Gasteiger partial charge in [0.05, 0.1) is 5.69 Å². The Morgan fingerprint density at radius 1 is 0.519 bits per heavy atom. The molecule has 0 unspecified atom stereocenters. The van der Waals surface area contributed by atoms with Gasteiger partial charge in [-0.15, -0.1) is 0 Å². The molecule has 0 aliphatic heterocycles. The molecule has 0 atom stereocenters. The van der Waals surface area contributed by atoms with Crippen molar-refractivity contribution in [1.29, 1.82) is 0 Å². The van der Waals surface area contributed by atoms with Gasteiger partial charge < -0.3 is 31.3 Å². The van der Waals surface area contributed by atoms with Gasteiger partial charge in [-0.3, -0.25) is 0 Å². The fraction of sp³-hybridized carbons (Fsp3) is 0. The van der Waals surface area contributed by atoms with Crippen LogP contribution >= 0.6 is 71.0 Å². The number of anilines is 4. The number of nitrogens with zero attached hydrogens (tertiary/aromatic N) is 2. The minimum Gasteiger partial charge on any atom is -0.423 e. The van der Waals surface area contributed by atoms with E-state index in [0.29, 0.717) is 38.3 Å². The molecule has 2 heterocycles. The third-order valence-corrected chi connectivity index (χ3v) is 8.29. The minimum absolute atomic E-state index is 0.300. The van der Waals surface area contributed by atoms with E-state index in [1.165, 1.54) is 6.07 Å². The van der Waals surface area contributed by atoms with E-state index in [1.54, 1.807) is 66.7 Å². The Labute approximate surface area is 335 Å². The fourth-order valence-corrected chi connectivity index (χ4v) is 5.66. The van der Waals surface area contributed by atoms with Crippen LogP contribution in [0.1, 0.15) is 0 Å². The van der Waals surface area contributed by atoms with Crippen LogP contribution in [0.3, 0.4) is 0 Å². The molecule has 0 bridgehead atoms. The monoisotopic (exact) mass is 926 g/mol. The molecule has 0 aliphatic rings. The molecule has 4 amide bonds. The summed E-state index contributed by atoms with van der Waals surface area (Å²) in [7, 11) is -1.57.